The van der Waals surface area contributed by atoms with Crippen molar-refractivity contribution < 1.29 is 13.2 Å². The number of amides is 2. The minimum Gasteiger partial charge on any atom is -0.365 e. The molecule has 2 aromatic carbocycles. The Balaban J connectivity index is 1.25. The fourth-order valence-electron chi connectivity index (χ4n) is 5.52. The number of nitrogens with one attached hydrogen (secondary N) is 4. The van der Waals surface area contributed by atoms with Crippen molar-refractivity contribution in [3.8, 4) is 0 Å². The number of rotatable bonds is 13. The van der Waals surface area contributed by atoms with Gasteiger partial charge < -0.3 is 27.0 Å². The summed E-state index contributed by atoms with van der Waals surface area (Å²) in [6.45, 7) is 4.02. The van der Waals surface area contributed by atoms with Gasteiger partial charge in [-0.25, -0.2) is 13.2 Å². The van der Waals surface area contributed by atoms with Gasteiger partial charge in [0.2, 0.25) is 10.0 Å². The first-order chi connectivity index (χ1) is 20.7. The van der Waals surface area contributed by atoms with E-state index in [1.54, 1.807) is 27.5 Å². The molecule has 232 valence electrons. The monoisotopic (exact) mass is 647 g/mol. The normalized spacial score (nSPS) is 19.1. The molecule has 0 saturated carbocycles. The lowest BCUT2D eigenvalue weighted by molar-refractivity contribution is 0.243. The average molecular weight is 649 g/mol. The third kappa shape index (κ3) is 8.10. The molecule has 10 nitrogen and oxygen atoms in total. The predicted octanol–water partition coefficient (Wildman–Crippen LogP) is 3.63. The molecule has 1 unspecified atom stereocenters. The number of piperidine rings is 1. The summed E-state index contributed by atoms with van der Waals surface area (Å²) in [6, 6.07) is 12.7. The molecule has 1 fully saturated rings. The summed E-state index contributed by atoms with van der Waals surface area (Å²) >= 11 is 12.3. The van der Waals surface area contributed by atoms with Gasteiger partial charge in [-0.3, -0.25) is 4.90 Å². The highest BCUT2D eigenvalue weighted by Crippen LogP contribution is 2.28. The number of anilines is 1. The van der Waals surface area contributed by atoms with Crippen molar-refractivity contribution in [2.24, 2.45) is 5.73 Å². The van der Waals surface area contributed by atoms with Crippen LogP contribution >= 0.6 is 23.2 Å². The standard InChI is InChI=1S/C30H39Cl2N7O3S/c31-27-7-4-22(16-28(27)32)19-39(26-8-13-34-14-9-26)43(41,42)15-10-24-17-23-20-38(30(40)37-29(23)36-24)25-5-2-21(3-6-25)18-35-12-1-11-33/h2-7,16-17,20,26,29,34-36H,1,8-15,18-19,33H2,(H,37,40). The van der Waals surface area contributed by atoms with E-state index >= 15 is 0 Å². The van der Waals surface area contributed by atoms with Gasteiger partial charge >= 0.3 is 6.03 Å². The molecule has 5 rings (SSSR count). The second kappa shape index (κ2) is 14.4. The van der Waals surface area contributed by atoms with Crippen LogP contribution in [0, 0.1) is 0 Å². The minimum atomic E-state index is -3.62. The molecule has 0 aliphatic carbocycles. The van der Waals surface area contributed by atoms with Crippen molar-refractivity contribution in [1.29, 1.82) is 0 Å². The zero-order chi connectivity index (χ0) is 30.4. The van der Waals surface area contributed by atoms with E-state index in [9.17, 15) is 13.2 Å². The zero-order valence-corrected chi connectivity index (χ0v) is 26.3. The van der Waals surface area contributed by atoms with Crippen LogP contribution < -0.4 is 31.9 Å². The molecule has 1 atom stereocenters. The van der Waals surface area contributed by atoms with Gasteiger partial charge in [-0.2, -0.15) is 4.31 Å². The van der Waals surface area contributed by atoms with E-state index in [-0.39, 0.29) is 24.4 Å². The summed E-state index contributed by atoms with van der Waals surface area (Å²) in [7, 11) is -3.62. The molecule has 1 saturated heterocycles. The number of urea groups is 1. The van der Waals surface area contributed by atoms with Crippen LogP contribution in [0.25, 0.3) is 0 Å². The smallest absolute Gasteiger partial charge is 0.327 e. The number of hydrogen-bond donors (Lipinski definition) is 5. The van der Waals surface area contributed by atoms with E-state index in [1.807, 2.05) is 36.4 Å². The number of allylic oxidation sites excluding steroid dienone is 1. The van der Waals surface area contributed by atoms with E-state index in [2.05, 4.69) is 21.3 Å². The highest BCUT2D eigenvalue weighted by Gasteiger charge is 2.34. The van der Waals surface area contributed by atoms with Gasteiger partial charge in [0.25, 0.3) is 0 Å². The van der Waals surface area contributed by atoms with Crippen molar-refractivity contribution in [3.05, 3.63) is 87.2 Å². The fraction of sp³-hybridized carbons (Fsp3) is 0.433. The van der Waals surface area contributed by atoms with Crippen LogP contribution in [-0.2, 0) is 23.1 Å². The molecular weight excluding hydrogens is 609 g/mol. The lowest BCUT2D eigenvalue weighted by atomic mass is 10.1. The maximum absolute atomic E-state index is 13.8. The van der Waals surface area contributed by atoms with Crippen LogP contribution in [0.4, 0.5) is 10.5 Å². The van der Waals surface area contributed by atoms with Crippen LogP contribution in [0.3, 0.4) is 0 Å². The molecule has 0 bridgehead atoms. The lowest BCUT2D eigenvalue weighted by Gasteiger charge is -2.34. The Hall–Kier alpha value is -2.64. The van der Waals surface area contributed by atoms with E-state index in [4.69, 9.17) is 28.9 Å². The van der Waals surface area contributed by atoms with Crippen LogP contribution in [0.5, 0.6) is 0 Å². The van der Waals surface area contributed by atoms with Gasteiger partial charge in [-0.1, -0.05) is 41.4 Å². The highest BCUT2D eigenvalue weighted by atomic mass is 35.5. The van der Waals surface area contributed by atoms with Crippen LogP contribution in [0.15, 0.2) is 66.0 Å². The number of nitrogens with two attached hydrogens (primary N) is 1. The topological polar surface area (TPSA) is 132 Å². The van der Waals surface area contributed by atoms with Gasteiger partial charge in [0.1, 0.15) is 6.17 Å². The van der Waals surface area contributed by atoms with Crippen LogP contribution in [0.1, 0.15) is 36.8 Å². The maximum atomic E-state index is 13.8. The van der Waals surface area contributed by atoms with Crippen LogP contribution in [-0.4, -0.2) is 62.9 Å². The number of carbonyl (C=O) groups is 1. The molecule has 43 heavy (non-hydrogen) atoms. The molecule has 0 radical (unpaired) electrons. The molecule has 3 heterocycles. The van der Waals surface area contributed by atoms with Crippen molar-refractivity contribution in [1.82, 2.24) is 25.6 Å². The summed E-state index contributed by atoms with van der Waals surface area (Å²) in [5.41, 5.74) is 9.84. The molecule has 3 aliphatic heterocycles. The van der Waals surface area contributed by atoms with Gasteiger partial charge in [-0.15, -0.1) is 0 Å². The Morgan fingerprint density at radius 2 is 1.77 bits per heavy atom. The lowest BCUT2D eigenvalue weighted by Crippen LogP contribution is -2.51. The SMILES string of the molecule is NCCCNCc1ccc(N2C=C3C=C(CCS(=O)(=O)N(Cc4ccc(Cl)c(Cl)c4)C4CCNCC4)NC3NC2=O)cc1. The van der Waals surface area contributed by atoms with Crippen molar-refractivity contribution in [2.75, 3.05) is 36.8 Å². The summed E-state index contributed by atoms with van der Waals surface area (Å²) in [5.74, 6) is -0.0600. The number of hydrogen-bond acceptors (Lipinski definition) is 7. The fourth-order valence-corrected chi connectivity index (χ4v) is 7.56. The van der Waals surface area contributed by atoms with Crippen molar-refractivity contribution in [3.63, 3.8) is 0 Å². The average Bonchev–Trinajstić information content (AvgIpc) is 3.41. The van der Waals surface area contributed by atoms with E-state index in [0.29, 0.717) is 23.0 Å². The molecule has 2 aromatic rings. The van der Waals surface area contributed by atoms with Crippen LogP contribution in [0.2, 0.25) is 10.0 Å². The molecule has 0 aromatic heterocycles. The van der Waals surface area contributed by atoms with E-state index in [0.717, 1.165) is 73.5 Å². The first kappa shape index (κ1) is 31.8. The molecule has 6 N–H and O–H groups in total. The second-order valence-electron chi connectivity index (χ2n) is 11.0. The number of halogens is 2. The zero-order valence-electron chi connectivity index (χ0n) is 24.0. The summed E-state index contributed by atoms with van der Waals surface area (Å²) in [4.78, 5) is 14.5. The summed E-state index contributed by atoms with van der Waals surface area (Å²) in [6.07, 6.45) is 6.03. The minimum absolute atomic E-state index is 0.0600. The van der Waals surface area contributed by atoms with Gasteiger partial charge in [-0.05, 0) is 86.9 Å². The number of benzene rings is 2. The van der Waals surface area contributed by atoms with Gasteiger partial charge in [0, 0.05) is 43.0 Å². The third-order valence-electron chi connectivity index (χ3n) is 7.90. The van der Waals surface area contributed by atoms with Gasteiger partial charge in [0.15, 0.2) is 0 Å². The number of fused-ring (bicyclic) bond motifs is 1. The summed E-state index contributed by atoms with van der Waals surface area (Å²) < 4.78 is 29.1. The Bertz CT molecular complexity index is 1460. The van der Waals surface area contributed by atoms with Crippen molar-refractivity contribution >= 4 is 44.9 Å². The summed E-state index contributed by atoms with van der Waals surface area (Å²) in [5, 5.41) is 13.8. The first-order valence-corrected chi connectivity index (χ1v) is 17.0. The number of carbonyl (C=O) groups excluding carboxylic acids is 1. The Labute approximate surface area is 263 Å². The highest BCUT2D eigenvalue weighted by molar-refractivity contribution is 7.89. The van der Waals surface area contributed by atoms with E-state index < -0.39 is 16.2 Å². The molecule has 0 spiro atoms. The second-order valence-corrected chi connectivity index (χ2v) is 13.9. The van der Waals surface area contributed by atoms with E-state index in [1.165, 1.54) is 0 Å². The molecule has 13 heteroatoms. The molecule has 3 aliphatic rings. The maximum Gasteiger partial charge on any atom is 0.327 e. The number of sulfonamides is 1. The third-order valence-corrected chi connectivity index (χ3v) is 10.5. The van der Waals surface area contributed by atoms with Crippen molar-refractivity contribution in [2.45, 2.75) is 51.0 Å². The largest absolute Gasteiger partial charge is 0.365 e. The Morgan fingerprint density at radius 3 is 2.49 bits per heavy atom. The quantitative estimate of drug-likeness (QED) is 0.210. The first-order valence-electron chi connectivity index (χ1n) is 14.7. The molecular formula is C30H39Cl2N7O3S. The molecule has 2 amide bonds. The Morgan fingerprint density at radius 1 is 1.02 bits per heavy atom. The number of nitrogens with zero attached hydrogens (tertiary/aromatic N) is 2. The van der Waals surface area contributed by atoms with Gasteiger partial charge in [0.05, 0.1) is 21.5 Å². The Kier molecular flexibility index (Phi) is 10.7. The predicted molar refractivity (Wildman–Crippen MR) is 172 cm³/mol.